The van der Waals surface area contributed by atoms with Crippen molar-refractivity contribution < 1.29 is 23.8 Å². The topological polar surface area (TPSA) is 75.6 Å². The second-order valence-corrected chi connectivity index (χ2v) is 6.00. The van der Waals surface area contributed by atoms with Crippen molar-refractivity contribution in [3.8, 4) is 5.75 Å². The third-order valence-corrected chi connectivity index (χ3v) is 4.11. The molecule has 6 heteroatoms. The Labute approximate surface area is 145 Å². The van der Waals surface area contributed by atoms with Crippen LogP contribution in [0.5, 0.6) is 5.75 Å². The van der Waals surface area contributed by atoms with Crippen molar-refractivity contribution in [2.45, 2.75) is 25.8 Å². The van der Waals surface area contributed by atoms with Gasteiger partial charge < -0.3 is 15.2 Å². The molecule has 0 aliphatic rings. The maximum absolute atomic E-state index is 13.7. The smallest absolute Gasteiger partial charge is 0.306 e. The maximum Gasteiger partial charge on any atom is 0.306 e. The van der Waals surface area contributed by atoms with E-state index in [1.165, 1.54) is 32.2 Å². The lowest BCUT2D eigenvalue weighted by Gasteiger charge is -2.30. The molecule has 1 unspecified atom stereocenters. The van der Waals surface area contributed by atoms with E-state index in [0.29, 0.717) is 11.3 Å². The van der Waals surface area contributed by atoms with Crippen molar-refractivity contribution in [2.75, 3.05) is 7.11 Å². The van der Waals surface area contributed by atoms with Crippen LogP contribution in [-0.2, 0) is 10.3 Å². The van der Waals surface area contributed by atoms with Crippen LogP contribution in [0.2, 0.25) is 0 Å². The van der Waals surface area contributed by atoms with Gasteiger partial charge in [0.05, 0.1) is 19.1 Å². The van der Waals surface area contributed by atoms with E-state index in [-0.39, 0.29) is 17.5 Å². The van der Waals surface area contributed by atoms with Crippen molar-refractivity contribution in [2.24, 2.45) is 0 Å². The Balaban J connectivity index is 2.41. The summed E-state index contributed by atoms with van der Waals surface area (Å²) in [4.78, 5) is 24.0. The molecule has 2 rings (SSSR count). The van der Waals surface area contributed by atoms with Crippen LogP contribution in [-0.4, -0.2) is 24.1 Å². The molecule has 0 fully saturated rings. The molecular formula is C19H20FNO4. The second kappa shape index (κ2) is 7.34. The standard InChI is InChI=1S/C19H20FNO4/c1-12-15(8-5-9-16(12)20)18(24)21-19(2,11-17(22)23)13-6-4-7-14(10-13)25-3/h4-10H,11H2,1-3H3,(H,21,24)(H,22,23). The average molecular weight is 345 g/mol. The molecule has 1 atom stereocenters. The van der Waals surface area contributed by atoms with Gasteiger partial charge in [-0.05, 0) is 49.2 Å². The van der Waals surface area contributed by atoms with Crippen LogP contribution in [0, 0.1) is 12.7 Å². The minimum absolute atomic E-state index is 0.166. The number of hydrogen-bond donors (Lipinski definition) is 2. The number of carbonyl (C=O) groups is 2. The highest BCUT2D eigenvalue weighted by Gasteiger charge is 2.32. The monoisotopic (exact) mass is 345 g/mol. The van der Waals surface area contributed by atoms with Crippen LogP contribution in [0.1, 0.15) is 34.8 Å². The van der Waals surface area contributed by atoms with E-state index >= 15 is 0 Å². The van der Waals surface area contributed by atoms with Crippen LogP contribution in [0.15, 0.2) is 42.5 Å². The van der Waals surface area contributed by atoms with Gasteiger partial charge in [0.2, 0.25) is 0 Å². The van der Waals surface area contributed by atoms with Gasteiger partial charge >= 0.3 is 5.97 Å². The summed E-state index contributed by atoms with van der Waals surface area (Å²) < 4.78 is 18.9. The molecule has 2 aromatic rings. The lowest BCUT2D eigenvalue weighted by atomic mass is 9.87. The Morgan fingerprint density at radius 1 is 1.24 bits per heavy atom. The third kappa shape index (κ3) is 4.15. The molecule has 0 radical (unpaired) electrons. The number of hydrogen-bond acceptors (Lipinski definition) is 3. The van der Waals surface area contributed by atoms with Gasteiger partial charge in [-0.2, -0.15) is 0 Å². The number of ether oxygens (including phenoxy) is 1. The predicted octanol–water partition coefficient (Wildman–Crippen LogP) is 3.26. The zero-order chi connectivity index (χ0) is 18.6. The SMILES string of the molecule is COc1cccc(C(C)(CC(=O)O)NC(=O)c2cccc(F)c2C)c1. The Morgan fingerprint density at radius 2 is 1.92 bits per heavy atom. The number of halogens is 1. The number of methoxy groups -OCH3 is 1. The number of carbonyl (C=O) groups excluding carboxylic acids is 1. The molecule has 0 aliphatic heterocycles. The molecule has 0 saturated heterocycles. The predicted molar refractivity (Wildman–Crippen MR) is 91.2 cm³/mol. The van der Waals surface area contributed by atoms with Crippen molar-refractivity contribution in [1.29, 1.82) is 0 Å². The number of nitrogens with one attached hydrogen (secondary N) is 1. The summed E-state index contributed by atoms with van der Waals surface area (Å²) in [5.41, 5.74) is -0.226. The minimum Gasteiger partial charge on any atom is -0.497 e. The zero-order valence-electron chi connectivity index (χ0n) is 14.3. The molecule has 25 heavy (non-hydrogen) atoms. The van der Waals surface area contributed by atoms with E-state index in [4.69, 9.17) is 4.74 Å². The van der Waals surface area contributed by atoms with Crippen LogP contribution in [0.4, 0.5) is 4.39 Å². The number of amides is 1. The normalized spacial score (nSPS) is 13.0. The highest BCUT2D eigenvalue weighted by molar-refractivity contribution is 5.96. The van der Waals surface area contributed by atoms with Crippen molar-refractivity contribution in [1.82, 2.24) is 5.32 Å². The average Bonchev–Trinajstić information content (AvgIpc) is 2.56. The van der Waals surface area contributed by atoms with Crippen LogP contribution < -0.4 is 10.1 Å². The van der Waals surface area contributed by atoms with E-state index in [1.54, 1.807) is 31.2 Å². The summed E-state index contributed by atoms with van der Waals surface area (Å²) in [5, 5.41) is 12.0. The van der Waals surface area contributed by atoms with Gasteiger partial charge in [-0.15, -0.1) is 0 Å². The summed E-state index contributed by atoms with van der Waals surface area (Å²) >= 11 is 0. The summed E-state index contributed by atoms with van der Waals surface area (Å²) in [6, 6.07) is 11.0. The first-order valence-corrected chi connectivity index (χ1v) is 7.71. The third-order valence-electron chi connectivity index (χ3n) is 4.11. The zero-order valence-corrected chi connectivity index (χ0v) is 14.3. The summed E-state index contributed by atoms with van der Waals surface area (Å²) in [7, 11) is 1.50. The molecule has 0 bridgehead atoms. The van der Waals surface area contributed by atoms with E-state index in [1.807, 2.05) is 0 Å². The second-order valence-electron chi connectivity index (χ2n) is 6.00. The Kier molecular flexibility index (Phi) is 5.41. The lowest BCUT2D eigenvalue weighted by Crippen LogP contribution is -2.45. The van der Waals surface area contributed by atoms with Crippen LogP contribution in [0.25, 0.3) is 0 Å². The Morgan fingerprint density at radius 3 is 2.56 bits per heavy atom. The van der Waals surface area contributed by atoms with Gasteiger partial charge in [-0.25, -0.2) is 4.39 Å². The van der Waals surface area contributed by atoms with Crippen LogP contribution >= 0.6 is 0 Å². The van der Waals surface area contributed by atoms with E-state index in [9.17, 15) is 19.1 Å². The summed E-state index contributed by atoms with van der Waals surface area (Å²) in [6.45, 7) is 3.12. The van der Waals surface area contributed by atoms with Gasteiger partial charge in [0.25, 0.3) is 5.91 Å². The first kappa shape index (κ1) is 18.4. The number of carboxylic acids is 1. The maximum atomic E-state index is 13.7. The molecule has 0 aliphatic carbocycles. The first-order chi connectivity index (χ1) is 11.8. The highest BCUT2D eigenvalue weighted by atomic mass is 19.1. The molecule has 0 saturated carbocycles. The fourth-order valence-corrected chi connectivity index (χ4v) is 2.66. The molecule has 132 valence electrons. The van der Waals surface area contributed by atoms with E-state index in [2.05, 4.69) is 5.32 Å². The molecular weight excluding hydrogens is 325 g/mol. The Bertz CT molecular complexity index is 806. The molecule has 0 heterocycles. The summed E-state index contributed by atoms with van der Waals surface area (Å²) in [6.07, 6.45) is -0.333. The van der Waals surface area contributed by atoms with Crippen molar-refractivity contribution in [3.05, 3.63) is 65.0 Å². The van der Waals surface area contributed by atoms with Crippen molar-refractivity contribution >= 4 is 11.9 Å². The summed E-state index contributed by atoms with van der Waals surface area (Å²) in [5.74, 6) is -1.55. The van der Waals surface area contributed by atoms with Gasteiger partial charge in [0.1, 0.15) is 11.6 Å². The largest absolute Gasteiger partial charge is 0.497 e. The van der Waals surface area contributed by atoms with Gasteiger partial charge in [0, 0.05) is 5.56 Å². The molecule has 5 nitrogen and oxygen atoms in total. The first-order valence-electron chi connectivity index (χ1n) is 7.71. The van der Waals surface area contributed by atoms with E-state index < -0.39 is 23.2 Å². The molecule has 0 spiro atoms. The number of rotatable bonds is 6. The van der Waals surface area contributed by atoms with E-state index in [0.717, 1.165) is 0 Å². The van der Waals surface area contributed by atoms with Gasteiger partial charge in [0.15, 0.2) is 0 Å². The van der Waals surface area contributed by atoms with Gasteiger partial charge in [-0.1, -0.05) is 18.2 Å². The lowest BCUT2D eigenvalue weighted by molar-refractivity contribution is -0.138. The fraction of sp³-hybridized carbons (Fsp3) is 0.263. The Hall–Kier alpha value is -2.89. The molecule has 1 amide bonds. The quantitative estimate of drug-likeness (QED) is 0.843. The van der Waals surface area contributed by atoms with Gasteiger partial charge in [-0.3, -0.25) is 9.59 Å². The number of aliphatic carboxylic acids is 1. The van der Waals surface area contributed by atoms with Crippen molar-refractivity contribution in [3.63, 3.8) is 0 Å². The highest BCUT2D eigenvalue weighted by Crippen LogP contribution is 2.28. The number of benzene rings is 2. The van der Waals surface area contributed by atoms with Crippen LogP contribution in [0.3, 0.4) is 0 Å². The number of carboxylic acid groups (broad SMARTS) is 1. The molecule has 0 aromatic heterocycles. The molecule has 2 aromatic carbocycles. The fourth-order valence-electron chi connectivity index (χ4n) is 2.66. The minimum atomic E-state index is -1.18. The molecule has 2 N–H and O–H groups in total.